The van der Waals surface area contributed by atoms with Crippen LogP contribution in [0.2, 0.25) is 0 Å². The van der Waals surface area contributed by atoms with Crippen LogP contribution in [0.15, 0.2) is 40.9 Å². The van der Waals surface area contributed by atoms with Crippen molar-refractivity contribution in [2.24, 2.45) is 0 Å². The van der Waals surface area contributed by atoms with Crippen molar-refractivity contribution in [3.63, 3.8) is 0 Å². The van der Waals surface area contributed by atoms with E-state index in [0.29, 0.717) is 24.3 Å². The van der Waals surface area contributed by atoms with E-state index in [2.05, 4.69) is 47.3 Å². The zero-order valence-corrected chi connectivity index (χ0v) is 16.7. The Morgan fingerprint density at radius 3 is 2.12 bits per heavy atom. The largest absolute Gasteiger partial charge is 0.478 e. The van der Waals surface area contributed by atoms with Crippen molar-refractivity contribution in [1.29, 1.82) is 0 Å². The number of rotatable bonds is 7. The highest BCUT2D eigenvalue weighted by Crippen LogP contribution is 2.11. The molecule has 0 aromatic heterocycles. The first-order valence-corrected chi connectivity index (χ1v) is 8.73. The van der Waals surface area contributed by atoms with Gasteiger partial charge in [-0.2, -0.15) is 0 Å². The summed E-state index contributed by atoms with van der Waals surface area (Å²) in [5.74, 6) is -2.54. The number of hydrogen-bond donors (Lipinski definition) is 4. The van der Waals surface area contributed by atoms with Crippen LogP contribution in [-0.4, -0.2) is 46.7 Å². The number of hydrogen-bond acceptors (Lipinski definition) is 4. The van der Waals surface area contributed by atoms with Gasteiger partial charge in [0, 0.05) is 34.3 Å². The maximum atomic E-state index is 11.8. The molecule has 0 atom stereocenters. The predicted octanol–water partition coefficient (Wildman–Crippen LogP) is 2.67. The Kier molecular flexibility index (Phi) is 11.2. The lowest BCUT2D eigenvalue weighted by atomic mass is 10.1. The van der Waals surface area contributed by atoms with E-state index in [-0.39, 0.29) is 11.4 Å². The first kappa shape index (κ1) is 23.8. The van der Waals surface area contributed by atoms with Gasteiger partial charge in [-0.25, -0.2) is 9.59 Å². The van der Waals surface area contributed by atoms with Crippen LogP contribution in [0.4, 0.5) is 0 Å². The molecule has 0 aliphatic carbocycles. The molecule has 1 rings (SSSR count). The summed E-state index contributed by atoms with van der Waals surface area (Å²) in [4.78, 5) is 30.9. The second kappa shape index (κ2) is 12.2. The first-order valence-electron chi connectivity index (χ1n) is 7.94. The van der Waals surface area contributed by atoms with Crippen LogP contribution in [-0.2, 0) is 9.59 Å². The van der Waals surface area contributed by atoms with Gasteiger partial charge in [-0.3, -0.25) is 4.79 Å². The summed E-state index contributed by atoms with van der Waals surface area (Å²) < 4.78 is 0.921. The summed E-state index contributed by atoms with van der Waals surface area (Å²) in [6.45, 7) is 7.99. The van der Waals surface area contributed by atoms with E-state index in [9.17, 15) is 14.4 Å². The molecule has 1 amide bonds. The molecule has 0 saturated heterocycles. The van der Waals surface area contributed by atoms with Crippen LogP contribution in [0.25, 0.3) is 0 Å². The van der Waals surface area contributed by atoms with Crippen molar-refractivity contribution in [2.45, 2.75) is 32.7 Å². The summed E-state index contributed by atoms with van der Waals surface area (Å²) in [5, 5.41) is 21.9. The third kappa shape index (κ3) is 14.2. The molecule has 0 fully saturated rings. The molecular weight excluding hydrogens is 404 g/mol. The number of carbonyl (C=O) groups excluding carboxylic acids is 1. The summed E-state index contributed by atoms with van der Waals surface area (Å²) >= 11 is 3.36. The number of carbonyl (C=O) groups is 3. The molecule has 7 nitrogen and oxygen atoms in total. The monoisotopic (exact) mass is 428 g/mol. The second-order valence-electron chi connectivity index (χ2n) is 6.31. The minimum atomic E-state index is -1.26. The van der Waals surface area contributed by atoms with Gasteiger partial charge < -0.3 is 20.8 Å². The van der Waals surface area contributed by atoms with E-state index in [4.69, 9.17) is 10.2 Å². The summed E-state index contributed by atoms with van der Waals surface area (Å²) in [6.07, 6.45) is 2.04. The van der Waals surface area contributed by atoms with Gasteiger partial charge in [0.25, 0.3) is 5.91 Å². The van der Waals surface area contributed by atoms with Gasteiger partial charge >= 0.3 is 11.9 Å². The van der Waals surface area contributed by atoms with Crippen LogP contribution >= 0.6 is 15.9 Å². The van der Waals surface area contributed by atoms with Gasteiger partial charge in [0.05, 0.1) is 0 Å². The Hall–Kier alpha value is -2.19. The molecule has 0 radical (unpaired) electrons. The number of carboxylic acids is 2. The maximum Gasteiger partial charge on any atom is 0.328 e. The lowest BCUT2D eigenvalue weighted by Crippen LogP contribution is -2.37. The van der Waals surface area contributed by atoms with E-state index >= 15 is 0 Å². The van der Waals surface area contributed by atoms with Gasteiger partial charge in [0.2, 0.25) is 0 Å². The molecule has 0 spiro atoms. The fourth-order valence-corrected chi connectivity index (χ4v) is 2.03. The van der Waals surface area contributed by atoms with E-state index in [0.717, 1.165) is 17.4 Å². The average Bonchev–Trinajstić information content (AvgIpc) is 2.52. The normalized spacial score (nSPS) is 10.8. The molecular formula is C18H25BrN2O5. The molecule has 144 valence electrons. The van der Waals surface area contributed by atoms with Crippen LogP contribution in [0.5, 0.6) is 0 Å². The lowest BCUT2D eigenvalue weighted by Gasteiger charge is -2.20. The number of amides is 1. The maximum absolute atomic E-state index is 11.8. The lowest BCUT2D eigenvalue weighted by molar-refractivity contribution is -0.134. The molecule has 0 heterocycles. The van der Waals surface area contributed by atoms with E-state index in [1.807, 2.05) is 24.3 Å². The molecule has 0 unspecified atom stereocenters. The molecule has 1 aromatic rings. The number of aliphatic carboxylic acids is 2. The van der Waals surface area contributed by atoms with E-state index in [1.165, 1.54) is 0 Å². The molecule has 0 aliphatic rings. The zero-order chi connectivity index (χ0) is 20.2. The number of benzene rings is 1. The minimum Gasteiger partial charge on any atom is -0.478 e. The van der Waals surface area contributed by atoms with Crippen molar-refractivity contribution in [1.82, 2.24) is 10.6 Å². The smallest absolute Gasteiger partial charge is 0.328 e. The molecule has 4 N–H and O–H groups in total. The van der Waals surface area contributed by atoms with Gasteiger partial charge in [0.1, 0.15) is 0 Å². The van der Waals surface area contributed by atoms with Crippen molar-refractivity contribution < 1.29 is 24.6 Å². The molecule has 1 aromatic carbocycles. The van der Waals surface area contributed by atoms with Gasteiger partial charge in [0.15, 0.2) is 0 Å². The van der Waals surface area contributed by atoms with Crippen LogP contribution < -0.4 is 10.6 Å². The predicted molar refractivity (Wildman–Crippen MR) is 103 cm³/mol. The highest BCUT2D eigenvalue weighted by molar-refractivity contribution is 9.10. The molecule has 0 bridgehead atoms. The van der Waals surface area contributed by atoms with E-state index in [1.54, 1.807) is 0 Å². The Morgan fingerprint density at radius 2 is 1.65 bits per heavy atom. The summed E-state index contributed by atoms with van der Waals surface area (Å²) in [7, 11) is 0. The fraction of sp³-hybridized carbons (Fsp3) is 0.389. The fourth-order valence-electron chi connectivity index (χ4n) is 1.63. The Balaban J connectivity index is 0.000000660. The van der Waals surface area contributed by atoms with Gasteiger partial charge in [-0.05, 0) is 51.9 Å². The van der Waals surface area contributed by atoms with Crippen LogP contribution in [0.3, 0.4) is 0 Å². The van der Waals surface area contributed by atoms with Gasteiger partial charge in [-0.1, -0.05) is 22.0 Å². The highest BCUT2D eigenvalue weighted by atomic mass is 79.9. The van der Waals surface area contributed by atoms with Crippen LogP contribution in [0, 0.1) is 0 Å². The minimum absolute atomic E-state index is 0.0212. The Labute approximate surface area is 161 Å². The van der Waals surface area contributed by atoms with Gasteiger partial charge in [-0.15, -0.1) is 0 Å². The Bertz CT molecular complexity index is 623. The number of nitrogens with one attached hydrogen (secondary N) is 2. The van der Waals surface area contributed by atoms with Crippen molar-refractivity contribution in [3.05, 3.63) is 46.5 Å². The average molecular weight is 429 g/mol. The quantitative estimate of drug-likeness (QED) is 0.391. The van der Waals surface area contributed by atoms with Crippen molar-refractivity contribution >= 4 is 33.8 Å². The first-order chi connectivity index (χ1) is 12.0. The van der Waals surface area contributed by atoms with Crippen LogP contribution in [0.1, 0.15) is 37.6 Å². The zero-order valence-electron chi connectivity index (χ0n) is 15.1. The molecule has 0 saturated carbocycles. The Morgan fingerprint density at radius 1 is 1.08 bits per heavy atom. The number of halogens is 1. The SMILES string of the molecule is CC(C)(C)NCCCNC(=O)c1cccc(Br)c1.O=C(O)C=CC(=O)O. The molecule has 26 heavy (non-hydrogen) atoms. The molecule has 8 heteroatoms. The standard InChI is InChI=1S/C14H21BrN2O.C4H4O4/c1-14(2,3)17-9-5-8-16-13(18)11-6-4-7-12(15)10-11;5-3(6)1-2-4(7)8/h4,6-7,10,17H,5,8-9H2,1-3H3,(H,16,18);1-2H,(H,5,6)(H,7,8). The third-order valence-electron chi connectivity index (χ3n) is 2.75. The third-order valence-corrected chi connectivity index (χ3v) is 3.24. The number of carboxylic acid groups (broad SMARTS) is 2. The van der Waals surface area contributed by atoms with Crippen molar-refractivity contribution in [2.75, 3.05) is 13.1 Å². The second-order valence-corrected chi connectivity index (χ2v) is 7.22. The van der Waals surface area contributed by atoms with Crippen molar-refractivity contribution in [3.8, 4) is 0 Å². The highest BCUT2D eigenvalue weighted by Gasteiger charge is 2.08. The topological polar surface area (TPSA) is 116 Å². The van der Waals surface area contributed by atoms with E-state index < -0.39 is 11.9 Å². The summed E-state index contributed by atoms with van der Waals surface area (Å²) in [5.41, 5.74) is 0.821. The summed E-state index contributed by atoms with van der Waals surface area (Å²) in [6, 6.07) is 7.40. The molecule has 0 aliphatic heterocycles.